The highest BCUT2D eigenvalue weighted by Gasteiger charge is 2.35. The van der Waals surface area contributed by atoms with Crippen molar-refractivity contribution >= 4 is 33.3 Å². The number of piperazine rings is 1. The van der Waals surface area contributed by atoms with Gasteiger partial charge in [0.15, 0.2) is 0 Å². The molecule has 0 atom stereocenters. The Morgan fingerprint density at radius 1 is 1.03 bits per heavy atom. The maximum Gasteiger partial charge on any atom is 0.337 e. The monoisotopic (exact) mass is 525 g/mol. The third kappa shape index (κ3) is 5.37. The average Bonchev–Trinajstić information content (AvgIpc) is 3.36. The van der Waals surface area contributed by atoms with Crippen molar-refractivity contribution in [1.29, 1.82) is 0 Å². The molecule has 10 nitrogen and oxygen atoms in total. The molecule has 1 amide bonds. The van der Waals surface area contributed by atoms with Crippen LogP contribution in [0.1, 0.15) is 38.8 Å². The summed E-state index contributed by atoms with van der Waals surface area (Å²) in [6.45, 7) is 7.99. The van der Waals surface area contributed by atoms with E-state index in [4.69, 9.17) is 0 Å². The first-order chi connectivity index (χ1) is 17.6. The lowest BCUT2D eigenvalue weighted by molar-refractivity contribution is 0.0600. The highest BCUT2D eigenvalue weighted by molar-refractivity contribution is 7.89. The molecule has 2 aromatic carbocycles. The van der Waals surface area contributed by atoms with Gasteiger partial charge in [0.1, 0.15) is 0 Å². The summed E-state index contributed by atoms with van der Waals surface area (Å²) in [5, 5.41) is 6.68. The SMILES string of the molecule is CCn1cc(C(=O)Nc2ccc(C(=O)OC)cc2)c(S(=O)(=O)N2CCN(c3cccc(C)c3C)CC2)n1. The van der Waals surface area contributed by atoms with Crippen molar-refractivity contribution in [2.24, 2.45) is 0 Å². The van der Waals surface area contributed by atoms with Gasteiger partial charge in [0.25, 0.3) is 15.9 Å². The summed E-state index contributed by atoms with van der Waals surface area (Å²) in [7, 11) is -2.73. The third-order valence-electron chi connectivity index (χ3n) is 6.60. The maximum atomic E-state index is 13.6. The van der Waals surface area contributed by atoms with Crippen molar-refractivity contribution in [3.8, 4) is 0 Å². The van der Waals surface area contributed by atoms with Crippen LogP contribution in [0.4, 0.5) is 11.4 Å². The molecule has 1 saturated heterocycles. The second-order valence-corrected chi connectivity index (χ2v) is 10.7. The van der Waals surface area contributed by atoms with Crippen LogP contribution in [0.15, 0.2) is 53.7 Å². The molecule has 0 aliphatic carbocycles. The van der Waals surface area contributed by atoms with Gasteiger partial charge in [0.05, 0.1) is 18.2 Å². The molecule has 1 fully saturated rings. The van der Waals surface area contributed by atoms with Gasteiger partial charge >= 0.3 is 5.97 Å². The number of nitrogens with one attached hydrogen (secondary N) is 1. The van der Waals surface area contributed by atoms with Gasteiger partial charge in [0.2, 0.25) is 5.03 Å². The minimum absolute atomic E-state index is 0.0316. The summed E-state index contributed by atoms with van der Waals surface area (Å²) in [6.07, 6.45) is 1.44. The van der Waals surface area contributed by atoms with E-state index in [9.17, 15) is 18.0 Å². The largest absolute Gasteiger partial charge is 0.465 e. The fourth-order valence-electron chi connectivity index (χ4n) is 4.29. The van der Waals surface area contributed by atoms with Gasteiger partial charge in [-0.25, -0.2) is 13.2 Å². The van der Waals surface area contributed by atoms with Crippen molar-refractivity contribution in [2.45, 2.75) is 32.3 Å². The molecule has 3 aromatic rings. The van der Waals surface area contributed by atoms with Crippen LogP contribution >= 0.6 is 0 Å². The fraction of sp³-hybridized carbons (Fsp3) is 0.346. The predicted octanol–water partition coefficient (Wildman–Crippen LogP) is 3.07. The van der Waals surface area contributed by atoms with E-state index >= 15 is 0 Å². The molecule has 1 aliphatic heterocycles. The number of esters is 1. The number of rotatable bonds is 7. The summed E-state index contributed by atoms with van der Waals surface area (Å²) in [5.74, 6) is -1.09. The Kier molecular flexibility index (Phi) is 7.65. The lowest BCUT2D eigenvalue weighted by atomic mass is 10.1. The molecule has 11 heteroatoms. The number of carbonyl (C=O) groups is 2. The van der Waals surface area contributed by atoms with Crippen molar-refractivity contribution in [3.05, 3.63) is 70.9 Å². The molecule has 0 saturated carbocycles. The highest BCUT2D eigenvalue weighted by atomic mass is 32.2. The first-order valence-corrected chi connectivity index (χ1v) is 13.5. The smallest absolute Gasteiger partial charge is 0.337 e. The van der Waals surface area contributed by atoms with Crippen molar-refractivity contribution in [1.82, 2.24) is 14.1 Å². The number of hydrogen-bond donors (Lipinski definition) is 1. The van der Waals surface area contributed by atoms with E-state index in [-0.39, 0.29) is 23.7 Å². The van der Waals surface area contributed by atoms with Crippen LogP contribution in [0.5, 0.6) is 0 Å². The van der Waals surface area contributed by atoms with Gasteiger partial charge in [-0.05, 0) is 62.2 Å². The van der Waals surface area contributed by atoms with Crippen molar-refractivity contribution in [2.75, 3.05) is 43.5 Å². The molecule has 4 rings (SSSR count). The Morgan fingerprint density at radius 3 is 2.32 bits per heavy atom. The van der Waals surface area contributed by atoms with E-state index < -0.39 is 21.9 Å². The molecule has 2 heterocycles. The number of anilines is 2. The summed E-state index contributed by atoms with van der Waals surface area (Å²) >= 11 is 0. The molecule has 0 bridgehead atoms. The second kappa shape index (κ2) is 10.7. The Balaban J connectivity index is 1.53. The number of ether oxygens (including phenoxy) is 1. The van der Waals surface area contributed by atoms with Gasteiger partial charge in [-0.15, -0.1) is 0 Å². The van der Waals surface area contributed by atoms with Crippen LogP contribution < -0.4 is 10.2 Å². The minimum atomic E-state index is -4.01. The number of sulfonamides is 1. The van der Waals surface area contributed by atoms with E-state index in [1.54, 1.807) is 12.1 Å². The predicted molar refractivity (Wildman–Crippen MR) is 141 cm³/mol. The van der Waals surface area contributed by atoms with Crippen LogP contribution in [-0.2, 0) is 21.3 Å². The molecule has 1 N–H and O–H groups in total. The zero-order valence-corrected chi connectivity index (χ0v) is 22.2. The van der Waals surface area contributed by atoms with Crippen LogP contribution in [0, 0.1) is 13.8 Å². The number of methoxy groups -OCH3 is 1. The van der Waals surface area contributed by atoms with E-state index in [1.165, 1.54) is 45.6 Å². The Labute approximate surface area is 216 Å². The maximum absolute atomic E-state index is 13.6. The molecular formula is C26H31N5O5S. The first-order valence-electron chi connectivity index (χ1n) is 12.0. The van der Waals surface area contributed by atoms with Crippen molar-refractivity contribution in [3.63, 3.8) is 0 Å². The highest BCUT2D eigenvalue weighted by Crippen LogP contribution is 2.26. The number of amides is 1. The summed E-state index contributed by atoms with van der Waals surface area (Å²) in [6, 6.07) is 12.3. The quantitative estimate of drug-likeness (QED) is 0.472. The number of benzene rings is 2. The zero-order chi connectivity index (χ0) is 26.7. The normalized spacial score (nSPS) is 14.4. The molecule has 37 heavy (non-hydrogen) atoms. The number of carbonyl (C=O) groups excluding carboxylic acids is 2. The van der Waals surface area contributed by atoms with E-state index in [0.717, 1.165) is 5.69 Å². The lowest BCUT2D eigenvalue weighted by Crippen LogP contribution is -2.49. The van der Waals surface area contributed by atoms with E-state index in [2.05, 4.69) is 46.0 Å². The summed E-state index contributed by atoms with van der Waals surface area (Å²) < 4.78 is 34.7. The van der Waals surface area contributed by atoms with Crippen LogP contribution in [0.3, 0.4) is 0 Å². The van der Waals surface area contributed by atoms with Crippen LogP contribution in [0.2, 0.25) is 0 Å². The molecule has 1 aliphatic rings. The third-order valence-corrected chi connectivity index (χ3v) is 8.44. The standard InChI is InChI=1S/C26H31N5O5S/c1-5-30-17-22(24(32)27-21-11-9-20(10-12-21)26(33)36-4)25(28-30)37(34,35)31-15-13-29(14-16-31)23-8-6-7-18(2)19(23)3/h6-12,17H,5,13-16H2,1-4H3,(H,27,32). The van der Waals surface area contributed by atoms with E-state index in [1.807, 2.05) is 13.0 Å². The zero-order valence-electron chi connectivity index (χ0n) is 21.4. The average molecular weight is 526 g/mol. The lowest BCUT2D eigenvalue weighted by Gasteiger charge is -2.36. The fourth-order valence-corrected chi connectivity index (χ4v) is 5.81. The Bertz CT molecular complexity index is 1410. The van der Waals surface area contributed by atoms with Crippen molar-refractivity contribution < 1.29 is 22.7 Å². The van der Waals surface area contributed by atoms with Gasteiger partial charge < -0.3 is 15.0 Å². The summed E-state index contributed by atoms with van der Waals surface area (Å²) in [4.78, 5) is 27.0. The minimum Gasteiger partial charge on any atom is -0.465 e. The molecule has 1 aromatic heterocycles. The number of nitrogens with zero attached hydrogens (tertiary/aromatic N) is 4. The van der Waals surface area contributed by atoms with Gasteiger partial charge in [-0.3, -0.25) is 9.48 Å². The molecule has 196 valence electrons. The van der Waals surface area contributed by atoms with Gasteiger partial charge in [0, 0.05) is 50.3 Å². The molecular weight excluding hydrogens is 494 g/mol. The second-order valence-electron chi connectivity index (χ2n) is 8.84. The first kappa shape index (κ1) is 26.4. The number of aryl methyl sites for hydroxylation is 2. The van der Waals surface area contributed by atoms with E-state index in [0.29, 0.717) is 30.9 Å². The van der Waals surface area contributed by atoms with Gasteiger partial charge in [-0.1, -0.05) is 12.1 Å². The summed E-state index contributed by atoms with van der Waals surface area (Å²) in [5.41, 5.74) is 4.18. The number of hydrogen-bond acceptors (Lipinski definition) is 7. The Morgan fingerprint density at radius 2 is 1.70 bits per heavy atom. The van der Waals surface area contributed by atoms with Crippen LogP contribution in [0.25, 0.3) is 0 Å². The molecule has 0 spiro atoms. The van der Waals surface area contributed by atoms with Gasteiger partial charge in [-0.2, -0.15) is 9.40 Å². The molecule has 0 radical (unpaired) electrons. The topological polar surface area (TPSA) is 114 Å². The van der Waals surface area contributed by atoms with Crippen LogP contribution in [-0.4, -0.2) is 67.7 Å². The molecule has 0 unspecified atom stereocenters. The number of aromatic nitrogens is 2. The Hall–Kier alpha value is -3.70.